The van der Waals surface area contributed by atoms with Gasteiger partial charge in [0.2, 0.25) is 5.91 Å². The van der Waals surface area contributed by atoms with E-state index < -0.39 is 5.92 Å². The molecular formula is C26H32N4O3. The molecule has 1 saturated carbocycles. The fourth-order valence-electron chi connectivity index (χ4n) is 6.13. The van der Waals surface area contributed by atoms with Gasteiger partial charge < -0.3 is 15.0 Å². The topological polar surface area (TPSA) is 87.5 Å². The minimum Gasteiger partial charge on any atom is -0.396 e. The van der Waals surface area contributed by atoms with E-state index in [0.29, 0.717) is 18.7 Å². The van der Waals surface area contributed by atoms with Crippen molar-refractivity contribution in [2.75, 3.05) is 6.61 Å². The molecule has 2 aromatic rings. The van der Waals surface area contributed by atoms with Crippen molar-refractivity contribution in [1.82, 2.24) is 19.8 Å². The summed E-state index contributed by atoms with van der Waals surface area (Å²) in [5, 5.41) is 13.7. The first-order valence-corrected chi connectivity index (χ1v) is 12.0. The molecule has 0 spiro atoms. The Morgan fingerprint density at radius 3 is 2.67 bits per heavy atom. The van der Waals surface area contributed by atoms with Crippen LogP contribution in [0.25, 0.3) is 6.08 Å². The molecule has 2 aromatic heterocycles. The Morgan fingerprint density at radius 2 is 1.97 bits per heavy atom. The summed E-state index contributed by atoms with van der Waals surface area (Å²) in [7, 11) is 0. The highest BCUT2D eigenvalue weighted by molar-refractivity contribution is 5.81. The number of nitrogens with zero attached hydrogens (tertiary/aromatic N) is 3. The van der Waals surface area contributed by atoms with Crippen molar-refractivity contribution in [1.29, 1.82) is 0 Å². The van der Waals surface area contributed by atoms with Crippen molar-refractivity contribution in [3.8, 4) is 0 Å². The summed E-state index contributed by atoms with van der Waals surface area (Å²) in [6.45, 7) is 2.93. The van der Waals surface area contributed by atoms with E-state index in [1.165, 1.54) is 0 Å². The highest BCUT2D eigenvalue weighted by atomic mass is 16.3. The van der Waals surface area contributed by atoms with Crippen LogP contribution in [0, 0.1) is 11.8 Å². The summed E-state index contributed by atoms with van der Waals surface area (Å²) >= 11 is 0. The summed E-state index contributed by atoms with van der Waals surface area (Å²) in [5.41, 5.74) is 2.59. The van der Waals surface area contributed by atoms with E-state index in [-0.39, 0.29) is 42.1 Å². The van der Waals surface area contributed by atoms with E-state index in [0.717, 1.165) is 36.9 Å². The second-order valence-electron chi connectivity index (χ2n) is 9.53. The lowest BCUT2D eigenvalue weighted by Gasteiger charge is -2.38. The lowest BCUT2D eigenvalue weighted by molar-refractivity contribution is -0.128. The van der Waals surface area contributed by atoms with Gasteiger partial charge in [-0.05, 0) is 49.6 Å². The number of fused-ring (bicyclic) bond motifs is 4. The number of pyridine rings is 2. The second-order valence-corrected chi connectivity index (χ2v) is 9.53. The monoisotopic (exact) mass is 448 g/mol. The van der Waals surface area contributed by atoms with Gasteiger partial charge in [-0.15, -0.1) is 0 Å². The summed E-state index contributed by atoms with van der Waals surface area (Å²) in [6, 6.07) is 7.67. The van der Waals surface area contributed by atoms with E-state index in [1.807, 2.05) is 47.9 Å². The first-order chi connectivity index (χ1) is 16.1. The van der Waals surface area contributed by atoms with Gasteiger partial charge >= 0.3 is 0 Å². The molecule has 33 heavy (non-hydrogen) atoms. The zero-order chi connectivity index (χ0) is 22.9. The maximum atomic E-state index is 13.6. The van der Waals surface area contributed by atoms with Gasteiger partial charge in [-0.2, -0.15) is 0 Å². The zero-order valence-corrected chi connectivity index (χ0v) is 19.1. The molecule has 1 saturated heterocycles. The SMILES string of the molecule is C/C=C\c1ccc2n(c1=O)C[C@@H]1[C@@H](CO)[C@H](C(=O)NC3CCCC3)[C@H]2N1Cc1ccncc1. The number of aliphatic hydroxyl groups is 1. The number of nitrogens with one attached hydrogen (secondary N) is 1. The van der Waals surface area contributed by atoms with Crippen molar-refractivity contribution in [3.63, 3.8) is 0 Å². The van der Waals surface area contributed by atoms with Crippen LogP contribution in [-0.4, -0.2) is 44.2 Å². The van der Waals surface area contributed by atoms with Crippen LogP contribution in [0.1, 0.15) is 55.5 Å². The Morgan fingerprint density at radius 1 is 1.21 bits per heavy atom. The number of carbonyl (C=O) groups is 1. The van der Waals surface area contributed by atoms with Crippen LogP contribution in [-0.2, 0) is 17.9 Å². The van der Waals surface area contributed by atoms with Gasteiger partial charge in [0.05, 0.1) is 12.0 Å². The third-order valence-electron chi connectivity index (χ3n) is 7.66. The molecule has 1 amide bonds. The van der Waals surface area contributed by atoms with Crippen molar-refractivity contribution in [3.05, 3.63) is 69.9 Å². The molecule has 4 atom stereocenters. The largest absolute Gasteiger partial charge is 0.396 e. The molecule has 7 heteroatoms. The molecule has 1 aliphatic carbocycles. The Balaban J connectivity index is 1.57. The van der Waals surface area contributed by atoms with Crippen LogP contribution in [0.5, 0.6) is 0 Å². The van der Waals surface area contributed by atoms with Crippen LogP contribution >= 0.6 is 0 Å². The minimum absolute atomic E-state index is 0.00612. The summed E-state index contributed by atoms with van der Waals surface area (Å²) in [5.74, 6) is -0.627. The summed E-state index contributed by atoms with van der Waals surface area (Å²) in [6.07, 6.45) is 11.6. The number of aliphatic hydroxyl groups excluding tert-OH is 1. The fraction of sp³-hybridized carbons (Fsp3) is 0.500. The molecule has 174 valence electrons. The minimum atomic E-state index is -0.400. The Labute approximate surface area is 194 Å². The van der Waals surface area contributed by atoms with Crippen molar-refractivity contribution >= 4 is 12.0 Å². The lowest BCUT2D eigenvalue weighted by atomic mass is 9.86. The van der Waals surface area contributed by atoms with Gasteiger partial charge in [0, 0.05) is 61.3 Å². The molecule has 2 N–H and O–H groups in total. The van der Waals surface area contributed by atoms with Gasteiger partial charge in [0.25, 0.3) is 5.56 Å². The molecule has 7 nitrogen and oxygen atoms in total. The molecule has 0 aromatic carbocycles. The molecule has 3 aliphatic rings. The van der Waals surface area contributed by atoms with E-state index >= 15 is 0 Å². The number of hydrogen-bond acceptors (Lipinski definition) is 5. The Kier molecular flexibility index (Phi) is 6.17. The Bertz CT molecular complexity index is 1090. The first kappa shape index (κ1) is 22.0. The van der Waals surface area contributed by atoms with Crippen LogP contribution in [0.15, 0.2) is 47.5 Å². The normalized spacial score (nSPS) is 27.2. The average molecular weight is 449 g/mol. The molecule has 5 rings (SSSR count). The quantitative estimate of drug-likeness (QED) is 0.709. The van der Waals surface area contributed by atoms with Gasteiger partial charge in [0.15, 0.2) is 0 Å². The predicted octanol–water partition coefficient (Wildman–Crippen LogP) is 2.50. The standard InChI is InChI=1S/C26H32N4O3/c1-2-5-18-8-9-21-24-23(25(32)28-19-6-3-4-7-19)20(16-31)22(15-30(21)26(18)33)29(24)14-17-10-12-27-13-11-17/h2,5,8-13,19-20,22-24,31H,3-4,6-7,14-16H2,1H3,(H,28,32)/b5-2-/t20-,22-,23+,24+/m1/s1. The number of hydrogen-bond donors (Lipinski definition) is 2. The highest BCUT2D eigenvalue weighted by Crippen LogP contribution is 2.49. The second kappa shape index (κ2) is 9.23. The van der Waals surface area contributed by atoms with E-state index in [4.69, 9.17) is 0 Å². The van der Waals surface area contributed by atoms with Crippen molar-refractivity contribution < 1.29 is 9.90 Å². The fourth-order valence-corrected chi connectivity index (χ4v) is 6.13. The predicted molar refractivity (Wildman–Crippen MR) is 126 cm³/mol. The molecule has 0 unspecified atom stereocenters. The molecule has 4 heterocycles. The molecule has 2 bridgehead atoms. The smallest absolute Gasteiger partial charge is 0.258 e. The third kappa shape index (κ3) is 3.93. The number of carbonyl (C=O) groups excluding carboxylic acids is 1. The average Bonchev–Trinajstić information content (AvgIpc) is 3.40. The molecule has 2 aliphatic heterocycles. The van der Waals surface area contributed by atoms with Gasteiger partial charge in [-0.3, -0.25) is 19.5 Å². The van der Waals surface area contributed by atoms with Crippen LogP contribution in [0.2, 0.25) is 0 Å². The van der Waals surface area contributed by atoms with Crippen LogP contribution in [0.3, 0.4) is 0 Å². The number of aromatic nitrogens is 2. The lowest BCUT2D eigenvalue weighted by Crippen LogP contribution is -2.46. The van der Waals surface area contributed by atoms with E-state index in [2.05, 4.69) is 15.2 Å². The van der Waals surface area contributed by atoms with Crippen molar-refractivity contribution in [2.24, 2.45) is 11.8 Å². The van der Waals surface area contributed by atoms with E-state index in [9.17, 15) is 14.7 Å². The van der Waals surface area contributed by atoms with Gasteiger partial charge in [0.1, 0.15) is 0 Å². The van der Waals surface area contributed by atoms with Crippen molar-refractivity contribution in [2.45, 2.75) is 63.8 Å². The summed E-state index contributed by atoms with van der Waals surface area (Å²) < 4.78 is 1.83. The number of allylic oxidation sites excluding steroid dienone is 1. The van der Waals surface area contributed by atoms with Crippen LogP contribution < -0.4 is 10.9 Å². The molecule has 2 fully saturated rings. The maximum absolute atomic E-state index is 13.6. The third-order valence-corrected chi connectivity index (χ3v) is 7.66. The number of amides is 1. The van der Waals surface area contributed by atoms with Gasteiger partial charge in [-0.1, -0.05) is 25.0 Å². The van der Waals surface area contributed by atoms with Crippen LogP contribution in [0.4, 0.5) is 0 Å². The molecular weight excluding hydrogens is 416 g/mol. The zero-order valence-electron chi connectivity index (χ0n) is 19.1. The van der Waals surface area contributed by atoms with E-state index in [1.54, 1.807) is 12.4 Å². The highest BCUT2D eigenvalue weighted by Gasteiger charge is 2.55. The van der Waals surface area contributed by atoms with Gasteiger partial charge in [-0.25, -0.2) is 0 Å². The Hall–Kier alpha value is -2.77. The summed E-state index contributed by atoms with van der Waals surface area (Å²) in [4.78, 5) is 33.3. The molecule has 0 radical (unpaired) electrons. The number of rotatable bonds is 6. The first-order valence-electron chi connectivity index (χ1n) is 12.0. The maximum Gasteiger partial charge on any atom is 0.258 e.